The summed E-state index contributed by atoms with van der Waals surface area (Å²) in [6, 6.07) is 10.9. The second-order valence-corrected chi connectivity index (χ2v) is 8.12. The lowest BCUT2D eigenvalue weighted by atomic mass is 9.79. The molecule has 0 aliphatic carbocycles. The highest BCUT2D eigenvalue weighted by Gasteiger charge is 2.35. The van der Waals surface area contributed by atoms with Crippen LogP contribution < -0.4 is 4.90 Å². The second kappa shape index (κ2) is 7.35. The Morgan fingerprint density at radius 3 is 2.74 bits per heavy atom. The summed E-state index contributed by atoms with van der Waals surface area (Å²) in [5.41, 5.74) is 4.36. The van der Waals surface area contributed by atoms with E-state index in [1.54, 1.807) is 12.3 Å². The molecule has 5 heteroatoms. The maximum Gasteiger partial charge on any atom is 0.335 e. The van der Waals surface area contributed by atoms with E-state index in [1.165, 1.54) is 23.4 Å². The van der Waals surface area contributed by atoms with Crippen LogP contribution in [0.2, 0.25) is 5.02 Å². The predicted molar refractivity (Wildman–Crippen MR) is 112 cm³/mol. The summed E-state index contributed by atoms with van der Waals surface area (Å²) in [4.78, 5) is 18.0. The van der Waals surface area contributed by atoms with Crippen LogP contribution in [0.3, 0.4) is 0 Å². The highest BCUT2D eigenvalue weighted by atomic mass is 35.5. The van der Waals surface area contributed by atoms with E-state index in [0.29, 0.717) is 16.6 Å². The molecule has 1 unspecified atom stereocenters. The van der Waals surface area contributed by atoms with Crippen LogP contribution in [0.4, 0.5) is 11.4 Å². The van der Waals surface area contributed by atoms with Gasteiger partial charge in [0.05, 0.1) is 16.3 Å². The number of hydrogen-bond donors (Lipinski definition) is 1. The number of carbonyl (C=O) groups is 1. The van der Waals surface area contributed by atoms with Gasteiger partial charge < -0.3 is 10.0 Å². The third-order valence-corrected chi connectivity index (χ3v) is 5.59. The average Bonchev–Trinajstić information content (AvgIpc) is 2.60. The van der Waals surface area contributed by atoms with Gasteiger partial charge in [0.1, 0.15) is 0 Å². The Morgan fingerprint density at radius 2 is 2.07 bits per heavy atom. The minimum Gasteiger partial charge on any atom is -0.478 e. The summed E-state index contributed by atoms with van der Waals surface area (Å²) in [5.74, 6) is -0.530. The van der Waals surface area contributed by atoms with Crippen LogP contribution in [-0.4, -0.2) is 29.4 Å². The topological polar surface area (TPSA) is 52.9 Å². The quantitative estimate of drug-likeness (QED) is 0.667. The zero-order valence-electron chi connectivity index (χ0n) is 16.2. The SMILES string of the molecule is CCN1c2ccc(C=Nc3cc(C(=O)O)ccc3Cl)cc2C(C)CC1(C)C. The van der Waals surface area contributed by atoms with E-state index < -0.39 is 5.97 Å². The number of fused-ring (bicyclic) bond motifs is 1. The van der Waals surface area contributed by atoms with E-state index in [4.69, 9.17) is 16.7 Å². The van der Waals surface area contributed by atoms with E-state index in [2.05, 4.69) is 49.7 Å². The Labute approximate surface area is 165 Å². The first-order chi connectivity index (χ1) is 12.7. The van der Waals surface area contributed by atoms with Gasteiger partial charge in [-0.2, -0.15) is 0 Å². The number of benzene rings is 2. The van der Waals surface area contributed by atoms with Crippen molar-refractivity contribution in [2.45, 2.75) is 45.6 Å². The van der Waals surface area contributed by atoms with Crippen molar-refractivity contribution in [2.24, 2.45) is 4.99 Å². The van der Waals surface area contributed by atoms with Crippen LogP contribution in [-0.2, 0) is 0 Å². The molecular formula is C22H25ClN2O2. The maximum atomic E-state index is 11.1. The standard InChI is InChI=1S/C22H25ClN2O2/c1-5-25-20-9-6-15(10-17(20)14(2)12-22(25,3)4)13-24-19-11-16(21(26)27)7-8-18(19)23/h6-11,13-14H,5,12H2,1-4H3,(H,26,27). The lowest BCUT2D eigenvalue weighted by Crippen LogP contribution is -2.48. The molecule has 3 rings (SSSR count). The predicted octanol–water partition coefficient (Wildman–Crippen LogP) is 5.90. The van der Waals surface area contributed by atoms with Crippen LogP contribution in [0.15, 0.2) is 41.4 Å². The highest BCUT2D eigenvalue weighted by molar-refractivity contribution is 6.33. The lowest BCUT2D eigenvalue weighted by Gasteiger charge is -2.47. The van der Waals surface area contributed by atoms with Crippen LogP contribution in [0.5, 0.6) is 0 Å². The van der Waals surface area contributed by atoms with Gasteiger partial charge >= 0.3 is 5.97 Å². The molecule has 0 amide bonds. The van der Waals surface area contributed by atoms with Crippen molar-refractivity contribution in [2.75, 3.05) is 11.4 Å². The molecule has 2 aromatic carbocycles. The monoisotopic (exact) mass is 384 g/mol. The van der Waals surface area contributed by atoms with Gasteiger partial charge in [0.15, 0.2) is 0 Å². The molecule has 1 aliphatic heterocycles. The molecule has 1 atom stereocenters. The Kier molecular flexibility index (Phi) is 5.29. The minimum absolute atomic E-state index is 0.140. The molecule has 1 heterocycles. The zero-order chi connectivity index (χ0) is 19.8. The number of halogens is 1. The molecule has 0 aromatic heterocycles. The van der Waals surface area contributed by atoms with Gasteiger partial charge in [-0.05, 0) is 74.6 Å². The number of carboxylic acids is 1. The van der Waals surface area contributed by atoms with Gasteiger partial charge in [0, 0.05) is 24.0 Å². The normalized spacial score (nSPS) is 18.6. The number of carboxylic acid groups (broad SMARTS) is 1. The zero-order valence-corrected chi connectivity index (χ0v) is 16.9. The molecule has 0 bridgehead atoms. The van der Waals surface area contributed by atoms with E-state index >= 15 is 0 Å². The van der Waals surface area contributed by atoms with E-state index in [1.807, 2.05) is 6.07 Å². The maximum absolute atomic E-state index is 11.1. The summed E-state index contributed by atoms with van der Waals surface area (Å²) in [6.45, 7) is 10.0. The van der Waals surface area contributed by atoms with Crippen LogP contribution in [0, 0.1) is 0 Å². The molecule has 0 saturated heterocycles. The Bertz CT molecular complexity index is 905. The number of anilines is 1. The molecule has 2 aromatic rings. The molecule has 1 aliphatic rings. The van der Waals surface area contributed by atoms with Crippen molar-refractivity contribution in [1.29, 1.82) is 0 Å². The van der Waals surface area contributed by atoms with Crippen molar-refractivity contribution in [3.05, 3.63) is 58.1 Å². The first-order valence-corrected chi connectivity index (χ1v) is 9.59. The summed E-state index contributed by atoms with van der Waals surface area (Å²) < 4.78 is 0. The number of nitrogens with zero attached hydrogens (tertiary/aromatic N) is 2. The number of rotatable bonds is 4. The molecule has 4 nitrogen and oxygen atoms in total. The first kappa shape index (κ1) is 19.4. The molecule has 0 radical (unpaired) electrons. The summed E-state index contributed by atoms with van der Waals surface area (Å²) in [6.07, 6.45) is 2.84. The molecular weight excluding hydrogens is 360 g/mol. The number of hydrogen-bond acceptors (Lipinski definition) is 3. The van der Waals surface area contributed by atoms with Gasteiger partial charge in [-0.25, -0.2) is 4.79 Å². The second-order valence-electron chi connectivity index (χ2n) is 7.71. The highest BCUT2D eigenvalue weighted by Crippen LogP contribution is 2.43. The van der Waals surface area contributed by atoms with Gasteiger partial charge in [-0.3, -0.25) is 4.99 Å². The van der Waals surface area contributed by atoms with Crippen molar-refractivity contribution >= 4 is 35.2 Å². The van der Waals surface area contributed by atoms with E-state index in [-0.39, 0.29) is 11.1 Å². The summed E-state index contributed by atoms with van der Waals surface area (Å²) in [5, 5.41) is 9.57. The van der Waals surface area contributed by atoms with Gasteiger partial charge in [0.2, 0.25) is 0 Å². The average molecular weight is 385 g/mol. The molecule has 0 saturated carbocycles. The fraction of sp³-hybridized carbons (Fsp3) is 0.364. The van der Waals surface area contributed by atoms with Crippen LogP contribution >= 0.6 is 11.6 Å². The minimum atomic E-state index is -0.993. The van der Waals surface area contributed by atoms with Gasteiger partial charge in [-0.1, -0.05) is 24.6 Å². The lowest BCUT2D eigenvalue weighted by molar-refractivity contribution is 0.0697. The van der Waals surface area contributed by atoms with Gasteiger partial charge in [-0.15, -0.1) is 0 Å². The molecule has 0 spiro atoms. The molecule has 27 heavy (non-hydrogen) atoms. The van der Waals surface area contributed by atoms with Crippen LogP contribution in [0.1, 0.15) is 61.5 Å². The number of aliphatic imine (C=N–C) groups is 1. The Balaban J connectivity index is 1.95. The van der Waals surface area contributed by atoms with Gasteiger partial charge in [0.25, 0.3) is 0 Å². The van der Waals surface area contributed by atoms with Crippen molar-refractivity contribution in [3.8, 4) is 0 Å². The smallest absolute Gasteiger partial charge is 0.335 e. The molecule has 142 valence electrons. The fourth-order valence-corrected chi connectivity index (χ4v) is 4.24. The third kappa shape index (κ3) is 3.86. The van der Waals surface area contributed by atoms with E-state index in [0.717, 1.165) is 18.5 Å². The largest absolute Gasteiger partial charge is 0.478 e. The Morgan fingerprint density at radius 1 is 1.33 bits per heavy atom. The number of aromatic carboxylic acids is 1. The van der Waals surface area contributed by atoms with Crippen molar-refractivity contribution in [1.82, 2.24) is 0 Å². The van der Waals surface area contributed by atoms with E-state index in [9.17, 15) is 4.79 Å². The summed E-state index contributed by atoms with van der Waals surface area (Å²) >= 11 is 6.16. The third-order valence-electron chi connectivity index (χ3n) is 5.27. The Hall–Kier alpha value is -2.33. The van der Waals surface area contributed by atoms with Crippen LogP contribution in [0.25, 0.3) is 0 Å². The molecule has 1 N–H and O–H groups in total. The fourth-order valence-electron chi connectivity index (χ4n) is 4.08. The summed E-state index contributed by atoms with van der Waals surface area (Å²) in [7, 11) is 0. The molecule has 0 fully saturated rings. The van der Waals surface area contributed by atoms with Crippen molar-refractivity contribution in [3.63, 3.8) is 0 Å². The van der Waals surface area contributed by atoms with Crippen molar-refractivity contribution < 1.29 is 9.90 Å². The first-order valence-electron chi connectivity index (χ1n) is 9.21.